The summed E-state index contributed by atoms with van der Waals surface area (Å²) in [7, 11) is 0. The van der Waals surface area contributed by atoms with E-state index in [1.807, 2.05) is 18.2 Å². The lowest BCUT2D eigenvalue weighted by Crippen LogP contribution is -2.26. The molecule has 1 aromatic heterocycles. The molecule has 0 aliphatic heterocycles. The van der Waals surface area contributed by atoms with Gasteiger partial charge in [0.05, 0.1) is 17.8 Å². The van der Waals surface area contributed by atoms with E-state index < -0.39 is 6.04 Å². The number of rotatable bonds is 3. The predicted molar refractivity (Wildman–Crippen MR) is 64.4 cm³/mol. The second kappa shape index (κ2) is 5.23. The standard InChI is InChI=1S/C12H9N3OS/c13-6-10(9-4-2-1-3-5-9)15-12(16)11-7-14-8-17-11/h1-5,7-8,10H,(H,15,16). The van der Waals surface area contributed by atoms with Gasteiger partial charge in [-0.1, -0.05) is 30.3 Å². The molecule has 1 amide bonds. The Kier molecular flexibility index (Phi) is 3.48. The van der Waals surface area contributed by atoms with E-state index in [9.17, 15) is 4.79 Å². The topological polar surface area (TPSA) is 65.8 Å². The second-order valence-electron chi connectivity index (χ2n) is 3.31. The first-order valence-corrected chi connectivity index (χ1v) is 5.83. The third-order valence-corrected chi connectivity index (χ3v) is 2.97. The summed E-state index contributed by atoms with van der Waals surface area (Å²) in [5.41, 5.74) is 2.35. The summed E-state index contributed by atoms with van der Waals surface area (Å²) in [6.45, 7) is 0. The molecular weight excluding hydrogens is 234 g/mol. The Morgan fingerprint density at radius 3 is 2.76 bits per heavy atom. The number of benzene rings is 1. The fourth-order valence-corrected chi connectivity index (χ4v) is 1.89. The average molecular weight is 243 g/mol. The van der Waals surface area contributed by atoms with Crippen LogP contribution in [0.4, 0.5) is 0 Å². The Morgan fingerprint density at radius 2 is 2.18 bits per heavy atom. The van der Waals surface area contributed by atoms with Crippen LogP contribution in [-0.4, -0.2) is 10.9 Å². The van der Waals surface area contributed by atoms with Gasteiger partial charge in [0.1, 0.15) is 10.9 Å². The van der Waals surface area contributed by atoms with Crippen molar-refractivity contribution in [2.45, 2.75) is 6.04 Å². The zero-order valence-corrected chi connectivity index (χ0v) is 9.65. The first-order chi connectivity index (χ1) is 8.31. The third-order valence-electron chi connectivity index (χ3n) is 2.19. The van der Waals surface area contributed by atoms with E-state index >= 15 is 0 Å². The molecule has 1 heterocycles. The molecule has 0 spiro atoms. The Balaban J connectivity index is 2.12. The summed E-state index contributed by atoms with van der Waals surface area (Å²) in [5, 5.41) is 11.7. The fraction of sp³-hybridized carbons (Fsp3) is 0.0833. The maximum absolute atomic E-state index is 11.8. The second-order valence-corrected chi connectivity index (χ2v) is 4.20. The van der Waals surface area contributed by atoms with E-state index in [0.29, 0.717) is 4.88 Å². The van der Waals surface area contributed by atoms with E-state index in [-0.39, 0.29) is 5.91 Å². The lowest BCUT2D eigenvalue weighted by molar-refractivity contribution is 0.0949. The minimum Gasteiger partial charge on any atom is -0.332 e. The number of carbonyl (C=O) groups excluding carboxylic acids is 1. The summed E-state index contributed by atoms with van der Waals surface area (Å²) in [6, 6.07) is 10.6. The summed E-state index contributed by atoms with van der Waals surface area (Å²) in [4.78, 5) is 16.1. The van der Waals surface area contributed by atoms with Crippen molar-refractivity contribution in [2.75, 3.05) is 0 Å². The molecule has 0 aliphatic carbocycles. The predicted octanol–water partition coefficient (Wildman–Crippen LogP) is 2.14. The number of hydrogen-bond donors (Lipinski definition) is 1. The Morgan fingerprint density at radius 1 is 1.41 bits per heavy atom. The highest BCUT2D eigenvalue weighted by Crippen LogP contribution is 2.13. The molecule has 2 rings (SSSR count). The van der Waals surface area contributed by atoms with Crippen molar-refractivity contribution in [3.8, 4) is 6.07 Å². The van der Waals surface area contributed by atoms with E-state index in [1.165, 1.54) is 17.5 Å². The van der Waals surface area contributed by atoms with Crippen LogP contribution in [0.2, 0.25) is 0 Å². The van der Waals surface area contributed by atoms with E-state index in [4.69, 9.17) is 5.26 Å². The van der Waals surface area contributed by atoms with Crippen LogP contribution in [0.3, 0.4) is 0 Å². The molecule has 5 heteroatoms. The molecule has 84 valence electrons. The number of thiazole rings is 1. The SMILES string of the molecule is N#CC(NC(=O)c1cncs1)c1ccccc1. The van der Waals surface area contributed by atoms with Gasteiger partial charge in [-0.3, -0.25) is 9.78 Å². The van der Waals surface area contributed by atoms with Gasteiger partial charge in [0.2, 0.25) is 0 Å². The number of nitrogens with zero attached hydrogens (tertiary/aromatic N) is 2. The molecular formula is C12H9N3OS. The number of amides is 1. The molecule has 2 aromatic rings. The number of aromatic nitrogens is 1. The molecule has 0 fully saturated rings. The van der Waals surface area contributed by atoms with Crippen molar-refractivity contribution in [2.24, 2.45) is 0 Å². The average Bonchev–Trinajstić information content (AvgIpc) is 2.90. The van der Waals surface area contributed by atoms with Gasteiger partial charge in [-0.15, -0.1) is 11.3 Å². The Bertz CT molecular complexity index is 531. The zero-order chi connectivity index (χ0) is 12.1. The maximum Gasteiger partial charge on any atom is 0.264 e. The quantitative estimate of drug-likeness (QED) is 0.898. The summed E-state index contributed by atoms with van der Waals surface area (Å²) in [6.07, 6.45) is 1.49. The van der Waals surface area contributed by atoms with Crippen molar-refractivity contribution in [1.29, 1.82) is 5.26 Å². The molecule has 17 heavy (non-hydrogen) atoms. The van der Waals surface area contributed by atoms with Gasteiger partial charge in [-0.25, -0.2) is 0 Å². The van der Waals surface area contributed by atoms with Gasteiger partial charge in [0.25, 0.3) is 5.91 Å². The summed E-state index contributed by atoms with van der Waals surface area (Å²) < 4.78 is 0. The van der Waals surface area contributed by atoms with E-state index in [2.05, 4.69) is 16.4 Å². The highest BCUT2D eigenvalue weighted by Gasteiger charge is 2.15. The molecule has 1 atom stereocenters. The molecule has 0 saturated heterocycles. The number of nitriles is 1. The molecule has 0 aliphatic rings. The van der Waals surface area contributed by atoms with Crippen LogP contribution >= 0.6 is 11.3 Å². The lowest BCUT2D eigenvalue weighted by Gasteiger charge is -2.10. The molecule has 1 N–H and O–H groups in total. The minimum atomic E-state index is -0.634. The molecule has 4 nitrogen and oxygen atoms in total. The Hall–Kier alpha value is -2.19. The van der Waals surface area contributed by atoms with Gasteiger partial charge < -0.3 is 5.32 Å². The summed E-state index contributed by atoms with van der Waals surface area (Å²) >= 11 is 1.25. The van der Waals surface area contributed by atoms with Crippen LogP contribution in [-0.2, 0) is 0 Å². The number of hydrogen-bond acceptors (Lipinski definition) is 4. The lowest BCUT2D eigenvalue weighted by atomic mass is 10.1. The van der Waals surface area contributed by atoms with Crippen LogP contribution in [0.15, 0.2) is 42.0 Å². The molecule has 0 saturated carbocycles. The first kappa shape index (κ1) is 11.3. The zero-order valence-electron chi connectivity index (χ0n) is 8.83. The van der Waals surface area contributed by atoms with Crippen molar-refractivity contribution in [1.82, 2.24) is 10.3 Å². The minimum absolute atomic E-state index is 0.275. The fourth-order valence-electron chi connectivity index (χ4n) is 1.37. The van der Waals surface area contributed by atoms with Crippen molar-refractivity contribution in [3.05, 3.63) is 52.5 Å². The molecule has 1 unspecified atom stereocenters. The third kappa shape index (κ3) is 2.68. The van der Waals surface area contributed by atoms with E-state index in [1.54, 1.807) is 17.6 Å². The van der Waals surface area contributed by atoms with Gasteiger partial charge in [0.15, 0.2) is 0 Å². The monoisotopic (exact) mass is 243 g/mol. The highest BCUT2D eigenvalue weighted by molar-refractivity contribution is 7.11. The van der Waals surface area contributed by atoms with Gasteiger partial charge in [-0.05, 0) is 5.56 Å². The number of nitrogens with one attached hydrogen (secondary N) is 1. The van der Waals surface area contributed by atoms with Crippen LogP contribution in [0.5, 0.6) is 0 Å². The van der Waals surface area contributed by atoms with Gasteiger partial charge >= 0.3 is 0 Å². The van der Waals surface area contributed by atoms with Crippen molar-refractivity contribution >= 4 is 17.2 Å². The highest BCUT2D eigenvalue weighted by atomic mass is 32.1. The smallest absolute Gasteiger partial charge is 0.264 e. The van der Waals surface area contributed by atoms with Gasteiger partial charge in [0, 0.05) is 0 Å². The van der Waals surface area contributed by atoms with Crippen LogP contribution in [0.25, 0.3) is 0 Å². The van der Waals surface area contributed by atoms with Crippen molar-refractivity contribution < 1.29 is 4.79 Å². The summed E-state index contributed by atoms with van der Waals surface area (Å²) in [5.74, 6) is -0.275. The molecule has 1 aromatic carbocycles. The Labute approximate surface area is 103 Å². The van der Waals surface area contributed by atoms with Crippen molar-refractivity contribution in [3.63, 3.8) is 0 Å². The normalized spacial score (nSPS) is 11.5. The molecule has 0 radical (unpaired) electrons. The van der Waals surface area contributed by atoms with Gasteiger partial charge in [-0.2, -0.15) is 5.26 Å². The largest absolute Gasteiger partial charge is 0.332 e. The van der Waals surface area contributed by atoms with Crippen LogP contribution in [0.1, 0.15) is 21.3 Å². The maximum atomic E-state index is 11.8. The van der Waals surface area contributed by atoms with E-state index in [0.717, 1.165) is 5.56 Å². The molecule has 0 bridgehead atoms. The first-order valence-electron chi connectivity index (χ1n) is 4.95. The number of carbonyl (C=O) groups is 1. The van der Waals surface area contributed by atoms with Crippen LogP contribution in [0, 0.1) is 11.3 Å². The van der Waals surface area contributed by atoms with Crippen LogP contribution < -0.4 is 5.32 Å².